The van der Waals surface area contributed by atoms with E-state index < -0.39 is 0 Å². The molecule has 0 aliphatic carbocycles. The van der Waals surface area contributed by atoms with E-state index in [2.05, 4.69) is 10.3 Å². The van der Waals surface area contributed by atoms with Crippen LogP contribution >= 0.6 is 0 Å². The molecule has 0 radical (unpaired) electrons. The Hall–Kier alpha value is -2.56. The van der Waals surface area contributed by atoms with E-state index in [1.165, 1.54) is 0 Å². The normalized spacial score (nSPS) is 16.5. The van der Waals surface area contributed by atoms with Gasteiger partial charge in [-0.05, 0) is 30.2 Å². The van der Waals surface area contributed by atoms with Crippen LogP contribution in [0.5, 0.6) is 11.5 Å². The lowest BCUT2D eigenvalue weighted by Gasteiger charge is -2.24. The van der Waals surface area contributed by atoms with Gasteiger partial charge in [-0.15, -0.1) is 0 Å². The van der Waals surface area contributed by atoms with E-state index in [9.17, 15) is 4.79 Å². The monoisotopic (exact) mass is 284 g/mol. The minimum atomic E-state index is -0.203. The number of hydrogen-bond donors (Lipinski definition) is 1. The fraction of sp³-hybridized carbons (Fsp3) is 0.250. The number of carbonyl (C=O) groups excluding carboxylic acids is 1. The van der Waals surface area contributed by atoms with Crippen molar-refractivity contribution >= 4 is 11.6 Å². The number of anilines is 1. The smallest absolute Gasteiger partial charge is 0.231 e. The van der Waals surface area contributed by atoms with Gasteiger partial charge in [0.2, 0.25) is 5.91 Å². The summed E-state index contributed by atoms with van der Waals surface area (Å²) in [4.78, 5) is 16.2. The molecule has 1 atom stereocenters. The molecule has 5 nitrogen and oxygen atoms in total. The quantitative estimate of drug-likeness (QED) is 0.939. The number of nitrogens with one attached hydrogen (secondary N) is 1. The van der Waals surface area contributed by atoms with Crippen LogP contribution in [0.15, 0.2) is 42.7 Å². The molecule has 1 aliphatic rings. The Morgan fingerprint density at radius 1 is 1.43 bits per heavy atom. The van der Waals surface area contributed by atoms with E-state index in [4.69, 9.17) is 9.47 Å². The number of fused-ring (bicyclic) bond motifs is 1. The summed E-state index contributed by atoms with van der Waals surface area (Å²) in [5.41, 5.74) is 1.72. The molecule has 0 saturated carbocycles. The van der Waals surface area contributed by atoms with Crippen molar-refractivity contribution in [2.45, 2.75) is 6.42 Å². The average Bonchev–Trinajstić information content (AvgIpc) is 2.54. The minimum Gasteiger partial charge on any atom is -0.497 e. The average molecular weight is 284 g/mol. The molecule has 1 aromatic heterocycles. The summed E-state index contributed by atoms with van der Waals surface area (Å²) in [6.45, 7) is 0.367. The SMILES string of the molecule is COc1ccc2c(c1)OCC(C(=O)Nc1cccnc1)C2. The van der Waals surface area contributed by atoms with Crippen LogP contribution in [0.3, 0.4) is 0 Å². The minimum absolute atomic E-state index is 0.0514. The van der Waals surface area contributed by atoms with Crippen molar-refractivity contribution in [3.63, 3.8) is 0 Å². The molecule has 21 heavy (non-hydrogen) atoms. The van der Waals surface area contributed by atoms with Crippen molar-refractivity contribution in [1.82, 2.24) is 4.98 Å². The second kappa shape index (κ2) is 5.83. The van der Waals surface area contributed by atoms with Crippen LogP contribution in [0.25, 0.3) is 0 Å². The van der Waals surface area contributed by atoms with E-state index in [0.717, 1.165) is 17.1 Å². The lowest BCUT2D eigenvalue weighted by atomic mass is 9.96. The second-order valence-electron chi connectivity index (χ2n) is 4.92. The Bertz CT molecular complexity index is 643. The van der Waals surface area contributed by atoms with Gasteiger partial charge >= 0.3 is 0 Å². The van der Waals surface area contributed by atoms with E-state index >= 15 is 0 Å². The molecule has 2 heterocycles. The number of methoxy groups -OCH3 is 1. The van der Waals surface area contributed by atoms with E-state index in [1.807, 2.05) is 24.3 Å². The summed E-state index contributed by atoms with van der Waals surface area (Å²) >= 11 is 0. The highest BCUT2D eigenvalue weighted by atomic mass is 16.5. The highest BCUT2D eigenvalue weighted by Gasteiger charge is 2.26. The van der Waals surface area contributed by atoms with Crippen molar-refractivity contribution < 1.29 is 14.3 Å². The zero-order chi connectivity index (χ0) is 14.7. The maximum absolute atomic E-state index is 12.3. The largest absolute Gasteiger partial charge is 0.497 e. The van der Waals surface area contributed by atoms with Gasteiger partial charge in [-0.3, -0.25) is 9.78 Å². The standard InChI is InChI=1S/C16H16N2O3/c1-20-14-5-4-11-7-12(10-21-15(11)8-14)16(19)18-13-3-2-6-17-9-13/h2-6,8-9,12H,7,10H2,1H3,(H,18,19). The number of ether oxygens (including phenoxy) is 2. The summed E-state index contributed by atoms with van der Waals surface area (Å²) in [6.07, 6.45) is 3.95. The molecule has 1 aromatic carbocycles. The van der Waals surface area contributed by atoms with Crippen LogP contribution in [0.4, 0.5) is 5.69 Å². The van der Waals surface area contributed by atoms with Crippen LogP contribution in [-0.4, -0.2) is 24.6 Å². The van der Waals surface area contributed by atoms with Crippen LogP contribution in [-0.2, 0) is 11.2 Å². The maximum Gasteiger partial charge on any atom is 0.231 e. The number of rotatable bonds is 3. The van der Waals surface area contributed by atoms with E-state index in [-0.39, 0.29) is 11.8 Å². The van der Waals surface area contributed by atoms with Gasteiger partial charge < -0.3 is 14.8 Å². The second-order valence-corrected chi connectivity index (χ2v) is 4.92. The van der Waals surface area contributed by atoms with Gasteiger partial charge in [0.15, 0.2) is 0 Å². The molecule has 5 heteroatoms. The third kappa shape index (κ3) is 2.97. The number of nitrogens with zero attached hydrogens (tertiary/aromatic N) is 1. The van der Waals surface area contributed by atoms with Gasteiger partial charge in [0.1, 0.15) is 18.1 Å². The number of carbonyl (C=O) groups is 1. The molecule has 3 rings (SSSR count). The predicted molar refractivity (Wildman–Crippen MR) is 78.5 cm³/mol. The van der Waals surface area contributed by atoms with E-state index in [0.29, 0.717) is 18.7 Å². The van der Waals surface area contributed by atoms with Gasteiger partial charge in [0.05, 0.1) is 24.9 Å². The van der Waals surface area contributed by atoms with Crippen molar-refractivity contribution in [3.8, 4) is 11.5 Å². The molecule has 0 fully saturated rings. The molecule has 1 N–H and O–H groups in total. The van der Waals surface area contributed by atoms with Crippen molar-refractivity contribution in [1.29, 1.82) is 0 Å². The first-order valence-electron chi connectivity index (χ1n) is 6.77. The lowest BCUT2D eigenvalue weighted by Crippen LogP contribution is -2.32. The summed E-state index contributed by atoms with van der Waals surface area (Å²) in [5, 5.41) is 2.86. The summed E-state index contributed by atoms with van der Waals surface area (Å²) < 4.78 is 10.8. The molecule has 2 aromatic rings. The predicted octanol–water partition coefficient (Wildman–Crippen LogP) is 2.28. The van der Waals surface area contributed by atoms with Crippen LogP contribution in [0.2, 0.25) is 0 Å². The molecule has 0 saturated heterocycles. The molecular formula is C16H16N2O3. The topological polar surface area (TPSA) is 60.5 Å². The third-order valence-corrected chi connectivity index (χ3v) is 3.48. The van der Waals surface area contributed by atoms with Crippen LogP contribution < -0.4 is 14.8 Å². The lowest BCUT2D eigenvalue weighted by molar-refractivity contribution is -0.121. The fourth-order valence-electron chi connectivity index (χ4n) is 2.33. The molecule has 1 aliphatic heterocycles. The Balaban J connectivity index is 1.69. The molecule has 1 amide bonds. The van der Waals surface area contributed by atoms with Crippen LogP contribution in [0, 0.1) is 5.92 Å². The number of pyridine rings is 1. The highest BCUT2D eigenvalue weighted by molar-refractivity contribution is 5.92. The Kier molecular flexibility index (Phi) is 3.73. The van der Waals surface area contributed by atoms with Gasteiger partial charge in [0, 0.05) is 12.3 Å². The molecule has 0 spiro atoms. The number of amides is 1. The fourth-order valence-corrected chi connectivity index (χ4v) is 2.33. The van der Waals surface area contributed by atoms with Crippen molar-refractivity contribution in [2.75, 3.05) is 19.0 Å². The molecular weight excluding hydrogens is 268 g/mol. The van der Waals surface area contributed by atoms with Gasteiger partial charge in [-0.2, -0.15) is 0 Å². The number of benzene rings is 1. The first-order valence-corrected chi connectivity index (χ1v) is 6.77. The Labute approximate surface area is 122 Å². The molecule has 108 valence electrons. The zero-order valence-corrected chi connectivity index (χ0v) is 11.7. The number of aromatic nitrogens is 1. The Morgan fingerprint density at radius 3 is 3.10 bits per heavy atom. The van der Waals surface area contributed by atoms with Gasteiger partial charge in [-0.1, -0.05) is 6.07 Å². The van der Waals surface area contributed by atoms with Gasteiger partial charge in [0.25, 0.3) is 0 Å². The zero-order valence-electron chi connectivity index (χ0n) is 11.7. The first kappa shape index (κ1) is 13.4. The first-order chi connectivity index (χ1) is 10.3. The summed E-state index contributed by atoms with van der Waals surface area (Å²) in [5.74, 6) is 1.29. The maximum atomic E-state index is 12.3. The highest BCUT2D eigenvalue weighted by Crippen LogP contribution is 2.31. The van der Waals surface area contributed by atoms with E-state index in [1.54, 1.807) is 25.6 Å². The molecule has 0 bridgehead atoms. The third-order valence-electron chi connectivity index (χ3n) is 3.48. The summed E-state index contributed by atoms with van der Waals surface area (Å²) in [7, 11) is 1.62. The number of hydrogen-bond acceptors (Lipinski definition) is 4. The van der Waals surface area contributed by atoms with Crippen molar-refractivity contribution in [2.24, 2.45) is 5.92 Å². The van der Waals surface area contributed by atoms with Gasteiger partial charge in [-0.25, -0.2) is 0 Å². The Morgan fingerprint density at radius 2 is 2.33 bits per heavy atom. The van der Waals surface area contributed by atoms with Crippen molar-refractivity contribution in [3.05, 3.63) is 48.3 Å². The summed E-state index contributed by atoms with van der Waals surface area (Å²) in [6, 6.07) is 9.27. The molecule has 1 unspecified atom stereocenters. The van der Waals surface area contributed by atoms with Crippen LogP contribution in [0.1, 0.15) is 5.56 Å².